The normalized spacial score (nSPS) is 25.5. The Labute approximate surface area is 139 Å². The van der Waals surface area contributed by atoms with Crippen LogP contribution in [-0.2, 0) is 4.79 Å². The SMILES string of the molecule is CC1CCCC(N)c2cncc(c2)/C(NC(F)F)=C(/C=N)NC1=O. The summed E-state index contributed by atoms with van der Waals surface area (Å²) in [6.45, 7) is -1.09. The summed E-state index contributed by atoms with van der Waals surface area (Å²) in [5.41, 5.74) is 7.13. The third kappa shape index (κ3) is 4.35. The van der Waals surface area contributed by atoms with E-state index in [0.717, 1.165) is 18.2 Å². The number of alkyl halides is 2. The van der Waals surface area contributed by atoms with Crippen LogP contribution in [0.3, 0.4) is 0 Å². The van der Waals surface area contributed by atoms with Gasteiger partial charge in [0.2, 0.25) is 5.91 Å². The van der Waals surface area contributed by atoms with E-state index in [9.17, 15) is 13.6 Å². The molecule has 0 aliphatic carbocycles. The van der Waals surface area contributed by atoms with E-state index in [2.05, 4.69) is 10.3 Å². The highest BCUT2D eigenvalue weighted by atomic mass is 19.3. The molecule has 2 rings (SSSR count). The number of nitrogens with two attached hydrogens (primary N) is 1. The molecule has 2 atom stereocenters. The van der Waals surface area contributed by atoms with Crippen molar-refractivity contribution < 1.29 is 13.6 Å². The van der Waals surface area contributed by atoms with Crippen molar-refractivity contribution >= 4 is 17.8 Å². The number of carbonyl (C=O) groups is 1. The number of hydrogen-bond acceptors (Lipinski definition) is 5. The highest BCUT2D eigenvalue weighted by molar-refractivity contribution is 5.95. The second kappa shape index (κ2) is 7.96. The molecule has 6 nitrogen and oxygen atoms in total. The van der Waals surface area contributed by atoms with Crippen LogP contribution in [0, 0.1) is 11.3 Å². The summed E-state index contributed by atoms with van der Waals surface area (Å²) in [4.78, 5) is 16.3. The minimum absolute atomic E-state index is 0.0276. The zero-order chi connectivity index (χ0) is 17.7. The Bertz CT molecular complexity index is 647. The first-order chi connectivity index (χ1) is 11.4. The molecule has 0 radical (unpaired) electrons. The predicted octanol–water partition coefficient (Wildman–Crippen LogP) is 2.15. The Hall–Kier alpha value is -2.35. The van der Waals surface area contributed by atoms with Gasteiger partial charge in [-0.1, -0.05) is 13.3 Å². The molecule has 1 aromatic rings. The highest BCUT2D eigenvalue weighted by Gasteiger charge is 2.20. The van der Waals surface area contributed by atoms with Gasteiger partial charge >= 0.3 is 6.55 Å². The highest BCUT2D eigenvalue weighted by Crippen LogP contribution is 2.23. The van der Waals surface area contributed by atoms with Crippen LogP contribution in [0.5, 0.6) is 0 Å². The van der Waals surface area contributed by atoms with Crippen molar-refractivity contribution in [1.29, 1.82) is 5.41 Å². The lowest BCUT2D eigenvalue weighted by Crippen LogP contribution is -2.33. The van der Waals surface area contributed by atoms with Crippen LogP contribution in [0.4, 0.5) is 8.78 Å². The van der Waals surface area contributed by atoms with E-state index in [1.165, 1.54) is 6.20 Å². The fourth-order valence-corrected chi connectivity index (χ4v) is 2.59. The second-order valence-electron chi connectivity index (χ2n) is 5.81. The van der Waals surface area contributed by atoms with Gasteiger partial charge in [0.1, 0.15) is 0 Å². The Morgan fingerprint density at radius 2 is 2.21 bits per heavy atom. The molecule has 0 spiro atoms. The second-order valence-corrected chi connectivity index (χ2v) is 5.81. The summed E-state index contributed by atoms with van der Waals surface area (Å²) < 4.78 is 25.8. The number of nitrogens with one attached hydrogen (secondary N) is 3. The molecule has 1 aliphatic rings. The van der Waals surface area contributed by atoms with Crippen LogP contribution in [0.25, 0.3) is 5.70 Å². The van der Waals surface area contributed by atoms with Gasteiger partial charge in [-0.15, -0.1) is 0 Å². The number of fused-ring (bicyclic) bond motifs is 2. The van der Waals surface area contributed by atoms with Gasteiger partial charge in [0, 0.05) is 36.1 Å². The molecular weight excluding hydrogens is 316 g/mol. The maximum absolute atomic E-state index is 12.9. The van der Waals surface area contributed by atoms with Gasteiger partial charge in [0.25, 0.3) is 0 Å². The monoisotopic (exact) mass is 337 g/mol. The fraction of sp³-hybridized carbons (Fsp3) is 0.438. The van der Waals surface area contributed by atoms with Gasteiger partial charge in [-0.3, -0.25) is 9.78 Å². The van der Waals surface area contributed by atoms with Crippen LogP contribution in [0.2, 0.25) is 0 Å². The van der Waals surface area contributed by atoms with Crippen molar-refractivity contribution in [2.75, 3.05) is 0 Å². The first-order valence-corrected chi connectivity index (χ1v) is 7.73. The standard InChI is InChI=1S/C16H21F2N5O/c1-9-3-2-4-12(20)10-5-11(8-21-7-10)14(23-16(17)18)13(6-19)22-15(9)24/h5-9,12,16,19,23H,2-4,20H2,1H3,(H,22,24)/b14-13+,19-6?. The van der Waals surface area contributed by atoms with Crippen molar-refractivity contribution in [1.82, 2.24) is 15.6 Å². The molecule has 1 amide bonds. The fourth-order valence-electron chi connectivity index (χ4n) is 2.59. The lowest BCUT2D eigenvalue weighted by molar-refractivity contribution is -0.123. The minimum atomic E-state index is -2.85. The summed E-state index contributed by atoms with van der Waals surface area (Å²) in [6.07, 6.45) is 5.88. The van der Waals surface area contributed by atoms with Crippen molar-refractivity contribution in [2.45, 2.75) is 38.8 Å². The average molecular weight is 337 g/mol. The van der Waals surface area contributed by atoms with Crippen LogP contribution in [-0.4, -0.2) is 23.7 Å². The molecule has 2 bridgehead atoms. The zero-order valence-corrected chi connectivity index (χ0v) is 13.4. The Morgan fingerprint density at radius 3 is 2.88 bits per heavy atom. The molecule has 0 saturated carbocycles. The third-order valence-electron chi connectivity index (χ3n) is 4.00. The van der Waals surface area contributed by atoms with E-state index in [1.807, 2.05) is 5.32 Å². The quantitative estimate of drug-likeness (QED) is 0.501. The first-order valence-electron chi connectivity index (χ1n) is 7.73. The van der Waals surface area contributed by atoms with Gasteiger partial charge < -0.3 is 21.8 Å². The number of amides is 1. The number of allylic oxidation sites excluding steroid dienone is 1. The lowest BCUT2D eigenvalue weighted by Gasteiger charge is -2.20. The lowest BCUT2D eigenvalue weighted by atomic mass is 9.96. The minimum Gasteiger partial charge on any atom is -0.327 e. The number of carbonyl (C=O) groups excluding carboxylic acids is 1. The molecule has 0 aromatic carbocycles. The molecule has 0 saturated heterocycles. The molecule has 5 N–H and O–H groups in total. The van der Waals surface area contributed by atoms with Crippen LogP contribution < -0.4 is 16.4 Å². The Morgan fingerprint density at radius 1 is 1.46 bits per heavy atom. The Kier molecular flexibility index (Phi) is 5.97. The summed E-state index contributed by atoms with van der Waals surface area (Å²) in [5, 5.41) is 12.0. The summed E-state index contributed by atoms with van der Waals surface area (Å²) in [5.74, 6) is -0.629. The van der Waals surface area contributed by atoms with E-state index >= 15 is 0 Å². The van der Waals surface area contributed by atoms with Gasteiger partial charge in [-0.05, 0) is 24.5 Å². The van der Waals surface area contributed by atoms with E-state index in [1.54, 1.807) is 19.2 Å². The predicted molar refractivity (Wildman–Crippen MR) is 87.2 cm³/mol. The molecule has 24 heavy (non-hydrogen) atoms. The summed E-state index contributed by atoms with van der Waals surface area (Å²) in [6, 6.07) is 1.37. The molecule has 0 fully saturated rings. The smallest absolute Gasteiger partial charge is 0.313 e. The molecule has 1 aromatic heterocycles. The molecular formula is C16H21F2N5O. The zero-order valence-electron chi connectivity index (χ0n) is 13.4. The maximum Gasteiger partial charge on any atom is 0.313 e. The number of aromatic nitrogens is 1. The largest absolute Gasteiger partial charge is 0.327 e. The van der Waals surface area contributed by atoms with Crippen molar-refractivity contribution in [2.24, 2.45) is 11.7 Å². The van der Waals surface area contributed by atoms with E-state index < -0.39 is 6.55 Å². The van der Waals surface area contributed by atoms with Crippen molar-refractivity contribution in [3.63, 3.8) is 0 Å². The van der Waals surface area contributed by atoms with Gasteiger partial charge in [0.15, 0.2) is 0 Å². The number of rotatable bonds is 3. The molecule has 2 unspecified atom stereocenters. The number of halogens is 2. The maximum atomic E-state index is 12.9. The first kappa shape index (κ1) is 18.0. The van der Waals surface area contributed by atoms with Gasteiger partial charge in [-0.2, -0.15) is 8.78 Å². The van der Waals surface area contributed by atoms with Crippen LogP contribution >= 0.6 is 0 Å². The molecule has 1 aliphatic heterocycles. The Balaban J connectivity index is 2.56. The third-order valence-corrected chi connectivity index (χ3v) is 4.00. The van der Waals surface area contributed by atoms with Crippen LogP contribution in [0.1, 0.15) is 43.4 Å². The van der Waals surface area contributed by atoms with E-state index in [0.29, 0.717) is 18.4 Å². The number of hydrogen-bond donors (Lipinski definition) is 4. The van der Waals surface area contributed by atoms with E-state index in [4.69, 9.17) is 11.1 Å². The van der Waals surface area contributed by atoms with Gasteiger partial charge in [-0.25, -0.2) is 0 Å². The summed E-state index contributed by atoms with van der Waals surface area (Å²) in [7, 11) is 0. The van der Waals surface area contributed by atoms with Crippen LogP contribution in [0.15, 0.2) is 24.2 Å². The van der Waals surface area contributed by atoms with Crippen molar-refractivity contribution in [3.05, 3.63) is 35.3 Å². The van der Waals surface area contributed by atoms with Gasteiger partial charge in [0.05, 0.1) is 11.4 Å². The van der Waals surface area contributed by atoms with Crippen molar-refractivity contribution in [3.8, 4) is 0 Å². The number of nitrogens with zero attached hydrogens (tertiary/aromatic N) is 1. The molecule has 130 valence electrons. The average Bonchev–Trinajstić information content (AvgIpc) is 2.56. The topological polar surface area (TPSA) is 104 Å². The molecule has 2 heterocycles. The molecule has 8 heteroatoms. The number of pyridine rings is 1. The summed E-state index contributed by atoms with van der Waals surface area (Å²) >= 11 is 0. The van der Waals surface area contributed by atoms with E-state index in [-0.39, 0.29) is 29.3 Å².